The molecule has 0 heterocycles. The monoisotopic (exact) mass is 404 g/mol. The number of hydrogen-bond donors (Lipinski definition) is 0. The highest BCUT2D eigenvalue weighted by Crippen LogP contribution is 2.18. The number of aryl methyl sites for hydroxylation is 2. The van der Waals surface area contributed by atoms with Gasteiger partial charge in [-0.15, -0.1) is 0 Å². The van der Waals surface area contributed by atoms with Crippen LogP contribution in [-0.2, 0) is 0 Å². The number of hydrogen-bond acceptors (Lipinski definition) is 1. The Hall–Kier alpha value is -1.07. The van der Waals surface area contributed by atoms with Gasteiger partial charge in [-0.2, -0.15) is 0 Å². The van der Waals surface area contributed by atoms with Crippen LogP contribution in [0.25, 0.3) is 0 Å². The zero-order valence-corrected chi connectivity index (χ0v) is 14.1. The summed E-state index contributed by atoms with van der Waals surface area (Å²) in [6.07, 6.45) is 0.507. The van der Waals surface area contributed by atoms with E-state index in [1.54, 1.807) is 32.0 Å². The maximum absolute atomic E-state index is 12.9. The van der Waals surface area contributed by atoms with Crippen LogP contribution in [0.3, 0.4) is 0 Å². The molecule has 0 saturated carbocycles. The lowest BCUT2D eigenvalue weighted by molar-refractivity contribution is 0.111. The largest absolute Gasteiger partial charge is 0.298 e. The minimum Gasteiger partial charge on any atom is -0.298 e. The predicted molar refractivity (Wildman–Crippen MR) is 83.1 cm³/mol. The second kappa shape index (κ2) is 7.64. The van der Waals surface area contributed by atoms with Crippen LogP contribution in [0.15, 0.2) is 39.3 Å². The molecular weight excluding hydrogens is 394 g/mol. The number of carbonyl (C=O) groups is 1. The van der Waals surface area contributed by atoms with Gasteiger partial charge in [0.25, 0.3) is 0 Å². The smallest absolute Gasteiger partial charge is 0.153 e. The Balaban J connectivity index is 0.000000204. The van der Waals surface area contributed by atoms with Crippen LogP contribution in [-0.4, -0.2) is 6.29 Å². The fourth-order valence-corrected chi connectivity index (χ4v) is 2.51. The standard InChI is InChI=1S/C8H6BrFO.C7H6BrF/c1-5-2-7(9)3-6(4-11)8(5)10;1-5-4-6(8)2-3-7(5)9/h2-4H,1H3;2-4H,1H3. The Morgan fingerprint density at radius 2 is 1.55 bits per heavy atom. The van der Waals surface area contributed by atoms with E-state index in [1.807, 2.05) is 0 Å². The maximum Gasteiger partial charge on any atom is 0.153 e. The van der Waals surface area contributed by atoms with E-state index in [9.17, 15) is 13.6 Å². The first-order valence-electron chi connectivity index (χ1n) is 5.67. The molecule has 0 bridgehead atoms. The Bertz CT molecular complexity index is 628. The fraction of sp³-hybridized carbons (Fsp3) is 0.133. The van der Waals surface area contributed by atoms with Gasteiger partial charge >= 0.3 is 0 Å². The van der Waals surface area contributed by atoms with Crippen LogP contribution in [0.2, 0.25) is 0 Å². The van der Waals surface area contributed by atoms with Crippen molar-refractivity contribution in [3.63, 3.8) is 0 Å². The lowest BCUT2D eigenvalue weighted by Crippen LogP contribution is -1.90. The molecule has 2 rings (SSSR count). The molecule has 5 heteroatoms. The molecule has 0 saturated heterocycles. The molecule has 0 aliphatic heterocycles. The second-order valence-corrected chi connectivity index (χ2v) is 5.97. The van der Waals surface area contributed by atoms with E-state index >= 15 is 0 Å². The van der Waals surface area contributed by atoms with Gasteiger partial charge in [-0.1, -0.05) is 31.9 Å². The zero-order chi connectivity index (χ0) is 15.3. The number of halogens is 4. The molecule has 1 nitrogen and oxygen atoms in total. The van der Waals surface area contributed by atoms with Crippen molar-refractivity contribution in [2.45, 2.75) is 13.8 Å². The molecule has 0 unspecified atom stereocenters. The van der Waals surface area contributed by atoms with Crippen molar-refractivity contribution in [2.75, 3.05) is 0 Å². The summed E-state index contributed by atoms with van der Waals surface area (Å²) in [6, 6.07) is 7.95. The molecule has 0 aromatic heterocycles. The van der Waals surface area contributed by atoms with Gasteiger partial charge < -0.3 is 0 Å². The van der Waals surface area contributed by atoms with Gasteiger partial charge in [0.05, 0.1) is 5.56 Å². The average Bonchev–Trinajstić information content (AvgIpc) is 2.39. The molecular formula is C15H12Br2F2O. The Morgan fingerprint density at radius 3 is 2.05 bits per heavy atom. The van der Waals surface area contributed by atoms with E-state index in [0.717, 1.165) is 8.95 Å². The van der Waals surface area contributed by atoms with Gasteiger partial charge in [0.1, 0.15) is 11.6 Å². The zero-order valence-electron chi connectivity index (χ0n) is 10.9. The lowest BCUT2D eigenvalue weighted by atomic mass is 10.1. The maximum atomic E-state index is 12.9. The SMILES string of the molecule is Cc1cc(Br)cc(C=O)c1F.Cc1cc(Br)ccc1F. The number of benzene rings is 2. The Labute approximate surface area is 133 Å². The molecule has 0 radical (unpaired) electrons. The minimum atomic E-state index is -0.441. The van der Waals surface area contributed by atoms with Gasteiger partial charge in [-0.3, -0.25) is 4.79 Å². The van der Waals surface area contributed by atoms with Gasteiger partial charge in [0, 0.05) is 8.95 Å². The van der Waals surface area contributed by atoms with Crippen molar-refractivity contribution in [2.24, 2.45) is 0 Å². The van der Waals surface area contributed by atoms with E-state index in [0.29, 0.717) is 17.4 Å². The fourth-order valence-electron chi connectivity index (χ4n) is 1.45. The highest BCUT2D eigenvalue weighted by molar-refractivity contribution is 9.10. The third-order valence-corrected chi connectivity index (χ3v) is 3.45. The number of rotatable bonds is 1. The Morgan fingerprint density at radius 1 is 0.950 bits per heavy atom. The summed E-state index contributed by atoms with van der Waals surface area (Å²) < 4.78 is 27.0. The number of carbonyl (C=O) groups excluding carboxylic acids is 1. The van der Waals surface area contributed by atoms with Crippen LogP contribution in [0, 0.1) is 25.5 Å². The van der Waals surface area contributed by atoms with Crippen LogP contribution < -0.4 is 0 Å². The normalized spacial score (nSPS) is 9.70. The van der Waals surface area contributed by atoms with E-state index in [-0.39, 0.29) is 11.4 Å². The predicted octanol–water partition coefficient (Wildman–Crippen LogP) is 5.61. The van der Waals surface area contributed by atoms with Crippen molar-refractivity contribution in [3.8, 4) is 0 Å². The van der Waals surface area contributed by atoms with Crippen molar-refractivity contribution in [3.05, 3.63) is 67.6 Å². The summed E-state index contributed by atoms with van der Waals surface area (Å²) >= 11 is 6.39. The summed E-state index contributed by atoms with van der Waals surface area (Å²) in [6.45, 7) is 3.35. The van der Waals surface area contributed by atoms with Gasteiger partial charge in [-0.05, 0) is 55.3 Å². The van der Waals surface area contributed by atoms with Crippen molar-refractivity contribution in [1.82, 2.24) is 0 Å². The highest BCUT2D eigenvalue weighted by atomic mass is 79.9. The lowest BCUT2D eigenvalue weighted by Gasteiger charge is -1.99. The molecule has 0 amide bonds. The first-order chi connectivity index (χ1) is 9.35. The quantitative estimate of drug-likeness (QED) is 0.564. The van der Waals surface area contributed by atoms with Gasteiger partial charge in [0.2, 0.25) is 0 Å². The van der Waals surface area contributed by atoms with Crippen LogP contribution >= 0.6 is 31.9 Å². The highest BCUT2D eigenvalue weighted by Gasteiger charge is 2.04. The van der Waals surface area contributed by atoms with E-state index in [2.05, 4.69) is 31.9 Å². The van der Waals surface area contributed by atoms with Crippen LogP contribution in [0.1, 0.15) is 21.5 Å². The van der Waals surface area contributed by atoms with E-state index in [4.69, 9.17) is 0 Å². The molecule has 20 heavy (non-hydrogen) atoms. The molecule has 0 N–H and O–H groups in total. The molecule has 0 atom stereocenters. The topological polar surface area (TPSA) is 17.1 Å². The van der Waals surface area contributed by atoms with Gasteiger partial charge in [-0.25, -0.2) is 8.78 Å². The van der Waals surface area contributed by atoms with Crippen LogP contribution in [0.5, 0.6) is 0 Å². The summed E-state index contributed by atoms with van der Waals surface area (Å²) in [4.78, 5) is 10.3. The molecule has 0 fully saturated rings. The van der Waals surface area contributed by atoms with Crippen LogP contribution in [0.4, 0.5) is 8.78 Å². The summed E-state index contributed by atoms with van der Waals surface area (Å²) in [7, 11) is 0. The van der Waals surface area contributed by atoms with Crippen molar-refractivity contribution >= 4 is 38.1 Å². The van der Waals surface area contributed by atoms with Gasteiger partial charge in [0.15, 0.2) is 6.29 Å². The average molecular weight is 406 g/mol. The molecule has 2 aromatic rings. The molecule has 2 aromatic carbocycles. The van der Waals surface area contributed by atoms with Crippen molar-refractivity contribution < 1.29 is 13.6 Å². The second-order valence-electron chi connectivity index (χ2n) is 4.14. The minimum absolute atomic E-state index is 0.0943. The van der Waals surface area contributed by atoms with Crippen molar-refractivity contribution in [1.29, 1.82) is 0 Å². The first-order valence-corrected chi connectivity index (χ1v) is 7.26. The Kier molecular flexibility index (Phi) is 6.49. The molecule has 0 aliphatic rings. The number of aldehydes is 1. The molecule has 106 valence electrons. The molecule has 0 spiro atoms. The van der Waals surface area contributed by atoms with E-state index < -0.39 is 5.82 Å². The summed E-state index contributed by atoms with van der Waals surface area (Å²) in [5, 5.41) is 0. The van der Waals surface area contributed by atoms with E-state index in [1.165, 1.54) is 12.1 Å². The summed E-state index contributed by atoms with van der Waals surface area (Å²) in [5.41, 5.74) is 1.24. The molecule has 0 aliphatic carbocycles. The third-order valence-electron chi connectivity index (χ3n) is 2.49. The third kappa shape index (κ3) is 4.80. The summed E-state index contributed by atoms with van der Waals surface area (Å²) in [5.74, 6) is -0.596. The first kappa shape index (κ1) is 17.0.